The van der Waals surface area contributed by atoms with Crippen LogP contribution in [0.2, 0.25) is 10.0 Å². The number of halogens is 2. The number of benzene rings is 2. The van der Waals surface area contributed by atoms with Crippen LogP contribution in [0.25, 0.3) is 0 Å². The Morgan fingerprint density at radius 1 is 1.09 bits per heavy atom. The minimum atomic E-state index is -0.366. The summed E-state index contributed by atoms with van der Waals surface area (Å²) in [5.41, 5.74) is 0.590. The van der Waals surface area contributed by atoms with E-state index in [0.717, 1.165) is 0 Å². The topological polar surface area (TPSA) is 50.4 Å². The van der Waals surface area contributed by atoms with Gasteiger partial charge < -0.3 is 10.1 Å². The molecule has 2 N–H and O–H groups in total. The van der Waals surface area contributed by atoms with Crippen LogP contribution < -0.4 is 15.4 Å². The predicted octanol–water partition coefficient (Wildman–Crippen LogP) is 3.89. The standard InChI is InChI=1S/C15H12Cl2N2O2S/c16-10-6-11(17)8-12(7-10)18-15(22)19-14(20)9-21-13-4-2-1-3-5-13/h1-8H,9H2,(H2,18,19,20,22). The number of nitrogens with one attached hydrogen (secondary N) is 2. The summed E-state index contributed by atoms with van der Waals surface area (Å²) in [6.07, 6.45) is 0. The molecule has 0 aliphatic rings. The highest BCUT2D eigenvalue weighted by Crippen LogP contribution is 2.22. The summed E-state index contributed by atoms with van der Waals surface area (Å²) in [5, 5.41) is 6.41. The molecule has 0 aromatic heterocycles. The van der Waals surface area contributed by atoms with E-state index in [1.54, 1.807) is 30.3 Å². The normalized spacial score (nSPS) is 9.91. The number of rotatable bonds is 4. The average Bonchev–Trinajstić information content (AvgIpc) is 2.45. The quantitative estimate of drug-likeness (QED) is 0.818. The lowest BCUT2D eigenvalue weighted by atomic mass is 10.3. The molecule has 114 valence electrons. The molecule has 0 atom stereocenters. The fraction of sp³-hybridized carbons (Fsp3) is 0.0667. The van der Waals surface area contributed by atoms with Gasteiger partial charge in [-0.15, -0.1) is 0 Å². The lowest BCUT2D eigenvalue weighted by molar-refractivity contribution is -0.121. The van der Waals surface area contributed by atoms with Gasteiger partial charge in [-0.2, -0.15) is 0 Å². The first-order valence-corrected chi connectivity index (χ1v) is 7.44. The molecule has 0 fully saturated rings. The Morgan fingerprint density at radius 2 is 1.73 bits per heavy atom. The van der Waals surface area contributed by atoms with Gasteiger partial charge in [-0.1, -0.05) is 41.4 Å². The van der Waals surface area contributed by atoms with Crippen molar-refractivity contribution < 1.29 is 9.53 Å². The van der Waals surface area contributed by atoms with Crippen LogP contribution in [0.15, 0.2) is 48.5 Å². The summed E-state index contributed by atoms with van der Waals surface area (Å²) < 4.78 is 5.32. The highest BCUT2D eigenvalue weighted by atomic mass is 35.5. The van der Waals surface area contributed by atoms with E-state index < -0.39 is 0 Å². The summed E-state index contributed by atoms with van der Waals surface area (Å²) in [5.74, 6) is 0.243. The zero-order chi connectivity index (χ0) is 15.9. The Kier molecular flexibility index (Phi) is 6.00. The third-order valence-electron chi connectivity index (χ3n) is 2.49. The molecule has 2 rings (SSSR count). The molecule has 4 nitrogen and oxygen atoms in total. The molecular formula is C15H12Cl2N2O2S. The second-order valence-corrected chi connectivity index (χ2v) is 5.54. The minimum Gasteiger partial charge on any atom is -0.484 e. The number of thiocarbonyl (C=S) groups is 1. The maximum atomic E-state index is 11.7. The zero-order valence-corrected chi connectivity index (χ0v) is 13.6. The van der Waals surface area contributed by atoms with Crippen molar-refractivity contribution >= 4 is 52.1 Å². The maximum absolute atomic E-state index is 11.7. The van der Waals surface area contributed by atoms with Crippen LogP contribution in [0, 0.1) is 0 Å². The van der Waals surface area contributed by atoms with E-state index in [1.165, 1.54) is 0 Å². The minimum absolute atomic E-state index is 0.137. The van der Waals surface area contributed by atoms with E-state index in [1.807, 2.05) is 18.2 Å². The molecule has 1 amide bonds. The van der Waals surface area contributed by atoms with Crippen LogP contribution in [0.3, 0.4) is 0 Å². The Labute approximate surface area is 143 Å². The Bertz CT molecular complexity index is 660. The van der Waals surface area contributed by atoms with E-state index in [0.29, 0.717) is 21.5 Å². The van der Waals surface area contributed by atoms with Crippen LogP contribution in [0.1, 0.15) is 0 Å². The van der Waals surface area contributed by atoms with E-state index in [2.05, 4.69) is 10.6 Å². The summed E-state index contributed by atoms with van der Waals surface area (Å²) in [7, 11) is 0. The van der Waals surface area contributed by atoms with Crippen molar-refractivity contribution in [3.63, 3.8) is 0 Å². The van der Waals surface area contributed by atoms with Crippen molar-refractivity contribution in [1.29, 1.82) is 0 Å². The lowest BCUT2D eigenvalue weighted by Crippen LogP contribution is -2.37. The molecular weight excluding hydrogens is 343 g/mol. The van der Waals surface area contributed by atoms with Crippen molar-refractivity contribution in [3.05, 3.63) is 58.6 Å². The van der Waals surface area contributed by atoms with Crippen LogP contribution in [-0.2, 0) is 4.79 Å². The van der Waals surface area contributed by atoms with E-state index >= 15 is 0 Å². The fourth-order valence-corrected chi connectivity index (χ4v) is 2.37. The number of carbonyl (C=O) groups excluding carboxylic acids is 1. The fourth-order valence-electron chi connectivity index (χ4n) is 1.62. The van der Waals surface area contributed by atoms with Gasteiger partial charge in [-0.3, -0.25) is 10.1 Å². The molecule has 0 bridgehead atoms. The average molecular weight is 355 g/mol. The van der Waals surface area contributed by atoms with Gasteiger partial charge in [0.25, 0.3) is 5.91 Å². The zero-order valence-electron chi connectivity index (χ0n) is 11.3. The highest BCUT2D eigenvalue weighted by molar-refractivity contribution is 7.80. The maximum Gasteiger partial charge on any atom is 0.264 e. The Hall–Kier alpha value is -1.82. The number of amides is 1. The van der Waals surface area contributed by atoms with Crippen molar-refractivity contribution in [2.24, 2.45) is 0 Å². The molecule has 2 aromatic carbocycles. The third kappa shape index (κ3) is 5.52. The number of carbonyl (C=O) groups is 1. The first-order chi connectivity index (χ1) is 10.5. The Morgan fingerprint density at radius 3 is 2.36 bits per heavy atom. The van der Waals surface area contributed by atoms with Crippen LogP contribution in [0.4, 0.5) is 5.69 Å². The van der Waals surface area contributed by atoms with Gasteiger partial charge in [0.1, 0.15) is 5.75 Å². The molecule has 0 spiro atoms. The Balaban J connectivity index is 1.82. The first-order valence-electron chi connectivity index (χ1n) is 6.28. The van der Waals surface area contributed by atoms with Gasteiger partial charge in [0.2, 0.25) is 0 Å². The van der Waals surface area contributed by atoms with E-state index in [9.17, 15) is 4.79 Å². The predicted molar refractivity (Wildman–Crippen MR) is 92.8 cm³/mol. The van der Waals surface area contributed by atoms with Gasteiger partial charge >= 0.3 is 0 Å². The SMILES string of the molecule is O=C(COc1ccccc1)NC(=S)Nc1cc(Cl)cc(Cl)c1. The van der Waals surface area contributed by atoms with Gasteiger partial charge in [0.15, 0.2) is 11.7 Å². The summed E-state index contributed by atoms with van der Waals surface area (Å²) >= 11 is 16.8. The molecule has 0 saturated carbocycles. The first kappa shape index (κ1) is 16.5. The highest BCUT2D eigenvalue weighted by Gasteiger charge is 2.07. The smallest absolute Gasteiger partial charge is 0.264 e. The lowest BCUT2D eigenvalue weighted by Gasteiger charge is -2.11. The molecule has 0 aliphatic heterocycles. The molecule has 0 radical (unpaired) electrons. The molecule has 0 aliphatic carbocycles. The van der Waals surface area contributed by atoms with Gasteiger partial charge in [0, 0.05) is 15.7 Å². The van der Waals surface area contributed by atoms with E-state index in [-0.39, 0.29) is 17.6 Å². The molecule has 2 aromatic rings. The number of para-hydroxylation sites is 1. The van der Waals surface area contributed by atoms with Crippen molar-refractivity contribution in [1.82, 2.24) is 5.32 Å². The van der Waals surface area contributed by atoms with Gasteiger partial charge in [0.05, 0.1) is 0 Å². The van der Waals surface area contributed by atoms with E-state index in [4.69, 9.17) is 40.2 Å². The molecule has 7 heteroatoms. The summed E-state index contributed by atoms with van der Waals surface area (Å²) in [6, 6.07) is 13.9. The number of ether oxygens (including phenoxy) is 1. The van der Waals surface area contributed by atoms with Crippen LogP contribution in [0.5, 0.6) is 5.75 Å². The summed E-state index contributed by atoms with van der Waals surface area (Å²) in [6.45, 7) is -0.137. The largest absolute Gasteiger partial charge is 0.484 e. The van der Waals surface area contributed by atoms with Crippen molar-refractivity contribution in [3.8, 4) is 5.75 Å². The second kappa shape index (κ2) is 7.98. The second-order valence-electron chi connectivity index (χ2n) is 4.26. The molecule has 0 unspecified atom stereocenters. The van der Waals surface area contributed by atoms with Crippen molar-refractivity contribution in [2.75, 3.05) is 11.9 Å². The molecule has 22 heavy (non-hydrogen) atoms. The number of hydrogen-bond donors (Lipinski definition) is 2. The third-order valence-corrected chi connectivity index (χ3v) is 3.13. The summed E-state index contributed by atoms with van der Waals surface area (Å²) in [4.78, 5) is 11.7. The van der Waals surface area contributed by atoms with Gasteiger partial charge in [-0.05, 0) is 42.5 Å². The number of anilines is 1. The van der Waals surface area contributed by atoms with Crippen molar-refractivity contribution in [2.45, 2.75) is 0 Å². The number of hydrogen-bond acceptors (Lipinski definition) is 3. The monoisotopic (exact) mass is 354 g/mol. The van der Waals surface area contributed by atoms with Crippen LogP contribution in [-0.4, -0.2) is 17.6 Å². The van der Waals surface area contributed by atoms with Crippen LogP contribution >= 0.6 is 35.4 Å². The van der Waals surface area contributed by atoms with Gasteiger partial charge in [-0.25, -0.2) is 0 Å². The molecule has 0 saturated heterocycles. The molecule has 0 heterocycles.